The second-order valence-electron chi connectivity index (χ2n) is 15.0. The number of hydrogen-bond acceptors (Lipinski definition) is 4. The molecule has 5 nitrogen and oxygen atoms in total. The molecule has 0 aromatic rings. The van der Waals surface area contributed by atoms with Crippen LogP contribution in [0.1, 0.15) is 120 Å². The lowest BCUT2D eigenvalue weighted by Crippen LogP contribution is -2.58. The fourth-order valence-electron chi connectivity index (χ4n) is 9.98. The molecule has 1 aliphatic heterocycles. The molecule has 4 aliphatic carbocycles. The van der Waals surface area contributed by atoms with Gasteiger partial charge < -0.3 is 5.32 Å². The second-order valence-corrected chi connectivity index (χ2v) is 16.3. The van der Waals surface area contributed by atoms with E-state index in [9.17, 15) is 9.59 Å². The van der Waals surface area contributed by atoms with Crippen LogP contribution in [0, 0.1) is 45.8 Å². The van der Waals surface area contributed by atoms with Crippen molar-refractivity contribution in [3.05, 3.63) is 23.3 Å². The lowest BCUT2D eigenvalue weighted by molar-refractivity contribution is -0.137. The topological polar surface area (TPSA) is 61.8 Å². The molecule has 222 valence electrons. The summed E-state index contributed by atoms with van der Waals surface area (Å²) in [5.41, 5.74) is 3.91. The number of fused-ring (bicyclic) bond motifs is 5. The van der Waals surface area contributed by atoms with Gasteiger partial charge >= 0.3 is 0 Å². The fraction of sp³-hybridized carbons (Fsp3) is 0.794. The van der Waals surface area contributed by atoms with E-state index in [1.165, 1.54) is 45.4 Å². The van der Waals surface area contributed by atoms with Crippen molar-refractivity contribution in [2.75, 3.05) is 0 Å². The molecule has 0 bridgehead atoms. The monoisotopic (exact) mass is 567 g/mol. The van der Waals surface area contributed by atoms with Crippen molar-refractivity contribution in [3.8, 4) is 0 Å². The molecule has 5 aliphatic rings. The SMILES string of the molecule is CC(=O)NC1=NN(C(C)=O)C2(CC[C@]3(C)C4=CC[C@]5(C)[C@@H]([C@H](C)CCCC(C)C)CC[C@@]5(C)C4=CC[C@H]3[C@@H]2C)S1. The van der Waals surface area contributed by atoms with Gasteiger partial charge in [0.25, 0.3) is 0 Å². The summed E-state index contributed by atoms with van der Waals surface area (Å²) in [6, 6.07) is 0. The Kier molecular flexibility index (Phi) is 7.71. The molecule has 1 unspecified atom stereocenters. The van der Waals surface area contributed by atoms with Crippen molar-refractivity contribution >= 4 is 28.7 Å². The zero-order valence-electron chi connectivity index (χ0n) is 26.5. The van der Waals surface area contributed by atoms with Crippen LogP contribution in [0.5, 0.6) is 0 Å². The van der Waals surface area contributed by atoms with Crippen LogP contribution < -0.4 is 5.32 Å². The van der Waals surface area contributed by atoms with E-state index in [1.54, 1.807) is 34.8 Å². The normalized spacial score (nSPS) is 41.1. The smallest absolute Gasteiger partial charge is 0.240 e. The molecule has 2 saturated carbocycles. The molecule has 1 heterocycles. The number of hydrazone groups is 1. The van der Waals surface area contributed by atoms with Crippen molar-refractivity contribution < 1.29 is 9.59 Å². The Hall–Kier alpha value is -1.56. The van der Waals surface area contributed by atoms with Crippen LogP contribution in [-0.4, -0.2) is 26.9 Å². The van der Waals surface area contributed by atoms with Gasteiger partial charge in [-0.15, -0.1) is 5.10 Å². The van der Waals surface area contributed by atoms with E-state index in [0.29, 0.717) is 16.5 Å². The predicted molar refractivity (Wildman–Crippen MR) is 166 cm³/mol. The van der Waals surface area contributed by atoms with Crippen molar-refractivity contribution in [1.29, 1.82) is 0 Å². The molecule has 0 saturated heterocycles. The van der Waals surface area contributed by atoms with Crippen LogP contribution in [0.2, 0.25) is 0 Å². The maximum atomic E-state index is 12.8. The molecule has 8 atom stereocenters. The van der Waals surface area contributed by atoms with Gasteiger partial charge in [0.15, 0.2) is 5.17 Å². The number of rotatable bonds is 5. The highest BCUT2D eigenvalue weighted by atomic mass is 32.2. The first-order valence-corrected chi connectivity index (χ1v) is 16.8. The lowest BCUT2D eigenvalue weighted by atomic mass is 9.46. The maximum absolute atomic E-state index is 12.8. The summed E-state index contributed by atoms with van der Waals surface area (Å²) in [5, 5.41) is 9.74. The Bertz CT molecular complexity index is 1160. The van der Waals surface area contributed by atoms with Gasteiger partial charge in [-0.2, -0.15) is 0 Å². The zero-order chi connectivity index (χ0) is 29.3. The molecule has 40 heavy (non-hydrogen) atoms. The van der Waals surface area contributed by atoms with E-state index in [1.807, 2.05) is 0 Å². The van der Waals surface area contributed by atoms with Gasteiger partial charge in [0.1, 0.15) is 4.87 Å². The number of amidine groups is 1. The first-order chi connectivity index (χ1) is 18.7. The summed E-state index contributed by atoms with van der Waals surface area (Å²) in [6.45, 7) is 20.4. The number of nitrogens with zero attached hydrogens (tertiary/aromatic N) is 2. The van der Waals surface area contributed by atoms with E-state index < -0.39 is 4.87 Å². The van der Waals surface area contributed by atoms with E-state index in [2.05, 4.69) is 71.0 Å². The van der Waals surface area contributed by atoms with Crippen LogP contribution >= 0.6 is 11.8 Å². The van der Waals surface area contributed by atoms with Crippen LogP contribution in [0.25, 0.3) is 0 Å². The van der Waals surface area contributed by atoms with Crippen molar-refractivity contribution in [1.82, 2.24) is 10.3 Å². The third-order valence-corrected chi connectivity index (χ3v) is 14.0. The minimum absolute atomic E-state index is 0.0463. The highest BCUT2D eigenvalue weighted by Crippen LogP contribution is 2.72. The molecular formula is C34H53N3O2S. The van der Waals surface area contributed by atoms with E-state index in [-0.39, 0.29) is 28.6 Å². The number of nitrogens with one attached hydrogen (secondary N) is 1. The first kappa shape index (κ1) is 29.9. The summed E-state index contributed by atoms with van der Waals surface area (Å²) in [5.74, 6) is 2.84. The number of carbonyl (C=O) groups excluding carboxylic acids is 2. The Morgan fingerprint density at radius 3 is 2.45 bits per heavy atom. The molecule has 1 spiro atoms. The van der Waals surface area contributed by atoms with Gasteiger partial charge in [-0.05, 0) is 95.5 Å². The standard InChI is InChI=1S/C34H53N3O2S/c1-21(2)11-10-12-22(3)26-15-17-33(9)29-14-13-27-23(4)34(37(25(6)39)36-30(40-34)35-24(5)38)20-19-31(27,7)28(29)16-18-32(26,33)8/h14,16,21-23,26-27H,10-13,15,17-20H2,1-9H3,(H,35,36,38)/t22-,23+,26-,27+,31+,32-,33+,34?/m1/s1. The second kappa shape index (κ2) is 10.3. The largest absolute Gasteiger partial charge is 0.304 e. The summed E-state index contributed by atoms with van der Waals surface area (Å²) in [4.78, 5) is 24.2. The van der Waals surface area contributed by atoms with Crippen LogP contribution in [-0.2, 0) is 9.59 Å². The van der Waals surface area contributed by atoms with Gasteiger partial charge in [0, 0.05) is 13.8 Å². The summed E-state index contributed by atoms with van der Waals surface area (Å²) >= 11 is 1.60. The van der Waals surface area contributed by atoms with E-state index in [0.717, 1.165) is 37.0 Å². The molecule has 0 aromatic heterocycles. The Morgan fingerprint density at radius 1 is 1.07 bits per heavy atom. The van der Waals surface area contributed by atoms with E-state index >= 15 is 0 Å². The third kappa shape index (κ3) is 4.36. The predicted octanol–water partition coefficient (Wildman–Crippen LogP) is 8.28. The minimum Gasteiger partial charge on any atom is -0.304 e. The molecule has 2 amide bonds. The van der Waals surface area contributed by atoms with Crippen LogP contribution in [0.15, 0.2) is 28.4 Å². The number of thioether (sulfide) groups is 1. The highest BCUT2D eigenvalue weighted by Gasteiger charge is 2.65. The molecule has 1 N–H and O–H groups in total. The summed E-state index contributed by atoms with van der Waals surface area (Å²) < 4.78 is 0. The van der Waals surface area contributed by atoms with Gasteiger partial charge in [-0.1, -0.05) is 91.6 Å². The molecule has 0 aromatic carbocycles. The number of amides is 2. The third-order valence-electron chi connectivity index (χ3n) is 12.5. The quantitative estimate of drug-likeness (QED) is 0.364. The number of hydrogen-bond donors (Lipinski definition) is 1. The van der Waals surface area contributed by atoms with Crippen molar-refractivity contribution in [2.45, 2.75) is 125 Å². The van der Waals surface area contributed by atoms with Crippen molar-refractivity contribution in [2.24, 2.45) is 50.9 Å². The average molecular weight is 568 g/mol. The lowest BCUT2D eigenvalue weighted by Gasteiger charge is -2.61. The summed E-state index contributed by atoms with van der Waals surface area (Å²) in [6.07, 6.45) is 16.1. The van der Waals surface area contributed by atoms with Gasteiger partial charge in [-0.3, -0.25) is 9.59 Å². The molecular weight excluding hydrogens is 514 g/mol. The minimum atomic E-state index is -0.434. The highest BCUT2D eigenvalue weighted by molar-refractivity contribution is 8.15. The zero-order valence-corrected chi connectivity index (χ0v) is 27.3. The molecule has 6 heteroatoms. The van der Waals surface area contributed by atoms with Gasteiger partial charge in [-0.25, -0.2) is 5.01 Å². The Balaban J connectivity index is 1.42. The van der Waals surface area contributed by atoms with E-state index in [4.69, 9.17) is 0 Å². The Labute approximate surface area is 247 Å². The number of allylic oxidation sites excluding steroid dienone is 4. The molecule has 5 rings (SSSR count). The van der Waals surface area contributed by atoms with Gasteiger partial charge in [0.2, 0.25) is 11.8 Å². The molecule has 2 fully saturated rings. The van der Waals surface area contributed by atoms with Crippen molar-refractivity contribution in [3.63, 3.8) is 0 Å². The summed E-state index contributed by atoms with van der Waals surface area (Å²) in [7, 11) is 0. The fourth-order valence-corrected chi connectivity index (χ4v) is 11.4. The molecule has 0 radical (unpaired) electrons. The average Bonchev–Trinajstić information content (AvgIpc) is 3.36. The van der Waals surface area contributed by atoms with Crippen LogP contribution in [0.4, 0.5) is 0 Å². The van der Waals surface area contributed by atoms with Crippen LogP contribution in [0.3, 0.4) is 0 Å². The first-order valence-electron chi connectivity index (χ1n) is 16.0. The maximum Gasteiger partial charge on any atom is 0.240 e. The number of carbonyl (C=O) groups is 2. The van der Waals surface area contributed by atoms with Gasteiger partial charge in [0.05, 0.1) is 0 Å². The Morgan fingerprint density at radius 2 is 1.80 bits per heavy atom.